The van der Waals surface area contributed by atoms with Gasteiger partial charge in [-0.2, -0.15) is 0 Å². The van der Waals surface area contributed by atoms with Crippen LogP contribution >= 0.6 is 0 Å². The highest BCUT2D eigenvalue weighted by molar-refractivity contribution is 6.04. The van der Waals surface area contributed by atoms with Crippen LogP contribution in [0.3, 0.4) is 0 Å². The molecule has 1 rings (SSSR count). The first-order valence-corrected chi connectivity index (χ1v) is 8.04. The molecule has 1 aromatic rings. The standard InChI is InChI=1S/C18H28N2O3/c1-6-13(2)16(21)20-15-10-8-7-9-14(15)17(22)19-12-11-18(3,4)23-5/h7-10,13H,6,11-12H2,1-5H3,(H,19,22)(H,20,21). The number of carbonyl (C=O) groups excluding carboxylic acids is 2. The summed E-state index contributed by atoms with van der Waals surface area (Å²) in [7, 11) is 1.65. The zero-order valence-corrected chi connectivity index (χ0v) is 14.7. The number of ether oxygens (including phenoxy) is 1. The lowest BCUT2D eigenvalue weighted by atomic mass is 10.1. The SMILES string of the molecule is CCC(C)C(=O)Nc1ccccc1C(=O)NCCC(C)(C)OC. The van der Waals surface area contributed by atoms with Gasteiger partial charge in [-0.1, -0.05) is 26.0 Å². The second-order valence-corrected chi connectivity index (χ2v) is 6.31. The number of carbonyl (C=O) groups is 2. The quantitative estimate of drug-likeness (QED) is 0.773. The molecule has 2 amide bonds. The number of benzene rings is 1. The van der Waals surface area contributed by atoms with Gasteiger partial charge in [-0.25, -0.2) is 0 Å². The second-order valence-electron chi connectivity index (χ2n) is 6.31. The van der Waals surface area contributed by atoms with Crippen LogP contribution in [0.15, 0.2) is 24.3 Å². The molecule has 0 heterocycles. The molecule has 23 heavy (non-hydrogen) atoms. The third kappa shape index (κ3) is 6.02. The summed E-state index contributed by atoms with van der Waals surface area (Å²) >= 11 is 0. The Morgan fingerprint density at radius 3 is 2.52 bits per heavy atom. The zero-order valence-electron chi connectivity index (χ0n) is 14.7. The normalized spacial score (nSPS) is 12.6. The lowest BCUT2D eigenvalue weighted by Gasteiger charge is -2.22. The third-order valence-electron chi connectivity index (χ3n) is 4.05. The lowest BCUT2D eigenvalue weighted by molar-refractivity contribution is -0.119. The van der Waals surface area contributed by atoms with Crippen molar-refractivity contribution in [1.82, 2.24) is 5.32 Å². The Morgan fingerprint density at radius 2 is 1.91 bits per heavy atom. The number of para-hydroxylation sites is 1. The summed E-state index contributed by atoms with van der Waals surface area (Å²) in [4.78, 5) is 24.4. The Bertz CT molecular complexity index is 541. The molecule has 0 aliphatic rings. The number of methoxy groups -OCH3 is 1. The minimum Gasteiger partial charge on any atom is -0.379 e. The molecule has 1 atom stereocenters. The van der Waals surface area contributed by atoms with Gasteiger partial charge in [-0.05, 0) is 38.8 Å². The smallest absolute Gasteiger partial charge is 0.253 e. The van der Waals surface area contributed by atoms with Gasteiger partial charge < -0.3 is 15.4 Å². The van der Waals surface area contributed by atoms with Crippen molar-refractivity contribution in [2.75, 3.05) is 19.0 Å². The number of nitrogens with one attached hydrogen (secondary N) is 2. The van der Waals surface area contributed by atoms with Crippen molar-refractivity contribution < 1.29 is 14.3 Å². The highest BCUT2D eigenvalue weighted by Crippen LogP contribution is 2.17. The van der Waals surface area contributed by atoms with E-state index in [1.54, 1.807) is 31.4 Å². The molecule has 0 radical (unpaired) electrons. The Labute approximate surface area is 138 Å². The molecule has 2 N–H and O–H groups in total. The number of anilines is 1. The summed E-state index contributed by atoms with van der Waals surface area (Å²) in [5, 5.41) is 5.71. The maximum Gasteiger partial charge on any atom is 0.253 e. The van der Waals surface area contributed by atoms with Crippen molar-refractivity contribution in [1.29, 1.82) is 0 Å². The highest BCUT2D eigenvalue weighted by Gasteiger charge is 2.18. The molecule has 0 spiro atoms. The second kappa shape index (κ2) is 8.67. The van der Waals surface area contributed by atoms with E-state index in [1.807, 2.05) is 27.7 Å². The number of hydrogen-bond donors (Lipinski definition) is 2. The Balaban J connectivity index is 2.72. The molecule has 128 valence electrons. The number of rotatable bonds is 8. The summed E-state index contributed by atoms with van der Waals surface area (Å²) in [6.45, 7) is 8.28. The van der Waals surface area contributed by atoms with E-state index in [4.69, 9.17) is 4.74 Å². The first-order chi connectivity index (χ1) is 10.8. The summed E-state index contributed by atoms with van der Waals surface area (Å²) in [5.74, 6) is -0.362. The molecular weight excluding hydrogens is 292 g/mol. The average molecular weight is 320 g/mol. The van der Waals surface area contributed by atoms with Crippen LogP contribution in [0.25, 0.3) is 0 Å². The molecule has 5 heteroatoms. The van der Waals surface area contributed by atoms with Crippen LogP contribution in [-0.2, 0) is 9.53 Å². The van der Waals surface area contributed by atoms with Crippen LogP contribution in [0.1, 0.15) is 50.9 Å². The molecule has 0 saturated carbocycles. The van der Waals surface area contributed by atoms with Gasteiger partial charge >= 0.3 is 0 Å². The molecule has 0 bridgehead atoms. The van der Waals surface area contributed by atoms with E-state index in [9.17, 15) is 9.59 Å². The maximum atomic E-state index is 12.4. The van der Waals surface area contributed by atoms with Crippen molar-refractivity contribution >= 4 is 17.5 Å². The monoisotopic (exact) mass is 320 g/mol. The Hall–Kier alpha value is -1.88. The van der Waals surface area contributed by atoms with Crippen molar-refractivity contribution in [3.05, 3.63) is 29.8 Å². The molecule has 0 saturated heterocycles. The van der Waals surface area contributed by atoms with E-state index in [0.29, 0.717) is 24.2 Å². The van der Waals surface area contributed by atoms with Crippen molar-refractivity contribution in [2.45, 2.75) is 46.1 Å². The fraction of sp³-hybridized carbons (Fsp3) is 0.556. The van der Waals surface area contributed by atoms with Crippen molar-refractivity contribution in [3.63, 3.8) is 0 Å². The first-order valence-electron chi connectivity index (χ1n) is 8.04. The topological polar surface area (TPSA) is 67.4 Å². The molecule has 1 aromatic carbocycles. The van der Waals surface area contributed by atoms with Crippen molar-refractivity contribution in [2.24, 2.45) is 5.92 Å². The van der Waals surface area contributed by atoms with Crippen LogP contribution in [0, 0.1) is 5.92 Å². The average Bonchev–Trinajstić information content (AvgIpc) is 2.54. The largest absolute Gasteiger partial charge is 0.379 e. The predicted octanol–water partition coefficient (Wildman–Crippen LogP) is 3.22. The number of hydrogen-bond acceptors (Lipinski definition) is 3. The van der Waals surface area contributed by atoms with Gasteiger partial charge in [0.2, 0.25) is 5.91 Å². The van der Waals surface area contributed by atoms with Crippen molar-refractivity contribution in [3.8, 4) is 0 Å². The molecule has 0 aromatic heterocycles. The number of amides is 2. The minimum absolute atomic E-state index is 0.0757. The van der Waals surface area contributed by atoms with Gasteiger partial charge in [0.1, 0.15) is 0 Å². The molecule has 0 aliphatic heterocycles. The Morgan fingerprint density at radius 1 is 1.26 bits per heavy atom. The lowest BCUT2D eigenvalue weighted by Crippen LogP contribution is -2.32. The van der Waals surface area contributed by atoms with Crippen LogP contribution < -0.4 is 10.6 Å². The predicted molar refractivity (Wildman–Crippen MR) is 92.6 cm³/mol. The van der Waals surface area contributed by atoms with Gasteiger partial charge in [-0.3, -0.25) is 9.59 Å². The fourth-order valence-corrected chi connectivity index (χ4v) is 1.91. The van der Waals surface area contributed by atoms with E-state index < -0.39 is 0 Å². The molecule has 5 nitrogen and oxygen atoms in total. The van der Waals surface area contributed by atoms with Crippen LogP contribution in [-0.4, -0.2) is 31.1 Å². The van der Waals surface area contributed by atoms with Gasteiger partial charge in [0.15, 0.2) is 0 Å². The summed E-state index contributed by atoms with van der Waals surface area (Å²) in [6, 6.07) is 7.04. The van der Waals surface area contributed by atoms with Gasteiger partial charge in [0.05, 0.1) is 16.9 Å². The van der Waals surface area contributed by atoms with E-state index in [-0.39, 0.29) is 23.3 Å². The summed E-state index contributed by atoms with van der Waals surface area (Å²) < 4.78 is 5.33. The summed E-state index contributed by atoms with van der Waals surface area (Å²) in [5.41, 5.74) is 0.734. The van der Waals surface area contributed by atoms with Crippen LogP contribution in [0.4, 0.5) is 5.69 Å². The summed E-state index contributed by atoms with van der Waals surface area (Å²) in [6.07, 6.45) is 1.46. The minimum atomic E-state index is -0.280. The maximum absolute atomic E-state index is 12.4. The van der Waals surface area contributed by atoms with E-state index >= 15 is 0 Å². The van der Waals surface area contributed by atoms with E-state index in [2.05, 4.69) is 10.6 Å². The van der Waals surface area contributed by atoms with Gasteiger partial charge in [0.25, 0.3) is 5.91 Å². The van der Waals surface area contributed by atoms with Gasteiger partial charge in [-0.15, -0.1) is 0 Å². The molecule has 0 fully saturated rings. The first kappa shape index (κ1) is 19.2. The molecule has 0 aliphatic carbocycles. The molecular formula is C18H28N2O3. The van der Waals surface area contributed by atoms with Crippen LogP contribution in [0.2, 0.25) is 0 Å². The van der Waals surface area contributed by atoms with E-state index in [0.717, 1.165) is 6.42 Å². The highest BCUT2D eigenvalue weighted by atomic mass is 16.5. The van der Waals surface area contributed by atoms with Gasteiger partial charge in [0, 0.05) is 19.6 Å². The Kier molecular flexibility index (Phi) is 7.23. The third-order valence-corrected chi connectivity index (χ3v) is 4.05. The zero-order chi connectivity index (χ0) is 17.5. The molecule has 1 unspecified atom stereocenters. The van der Waals surface area contributed by atoms with E-state index in [1.165, 1.54) is 0 Å². The van der Waals surface area contributed by atoms with Crippen LogP contribution in [0.5, 0.6) is 0 Å². The fourth-order valence-electron chi connectivity index (χ4n) is 1.91.